The Kier molecular flexibility index (Phi) is 6.40. The van der Waals surface area contributed by atoms with Crippen LogP contribution in [0.1, 0.15) is 10.6 Å². The van der Waals surface area contributed by atoms with Crippen LogP contribution >= 0.6 is 23.7 Å². The fourth-order valence-electron chi connectivity index (χ4n) is 2.11. The fraction of sp³-hybridized carbons (Fsp3) is 0.357. The quantitative estimate of drug-likeness (QED) is 0.868. The summed E-state index contributed by atoms with van der Waals surface area (Å²) >= 11 is 1.24. The van der Waals surface area contributed by atoms with Gasteiger partial charge in [0.1, 0.15) is 16.9 Å². The Hall–Kier alpha value is -1.61. The molecule has 2 heterocycles. The number of carbonyl (C=O) groups is 1. The lowest BCUT2D eigenvalue weighted by atomic mass is 10.1. The lowest BCUT2D eigenvalue weighted by Crippen LogP contribution is -2.48. The van der Waals surface area contributed by atoms with Gasteiger partial charge in [0.05, 0.1) is 13.2 Å². The standard InChI is InChI=1S/C14H15FN4O2S.ClH/c15-10-4-2-1-3-9(10)7-12-18-19-14(22-12)17-13(20)11-8-21-6-5-16-11;/h1-4,11,16H,5-8H2,(H,17,19,20);1H. The third kappa shape index (κ3) is 4.68. The summed E-state index contributed by atoms with van der Waals surface area (Å²) in [6.45, 7) is 1.59. The normalized spacial score (nSPS) is 17.3. The van der Waals surface area contributed by atoms with Crippen molar-refractivity contribution in [3.63, 3.8) is 0 Å². The second-order valence-corrected chi connectivity index (χ2v) is 5.90. The molecule has 2 aromatic rings. The van der Waals surface area contributed by atoms with Crippen molar-refractivity contribution in [1.82, 2.24) is 15.5 Å². The number of carbonyl (C=O) groups excluding carboxylic acids is 1. The number of aromatic nitrogens is 2. The van der Waals surface area contributed by atoms with Gasteiger partial charge in [0.25, 0.3) is 0 Å². The van der Waals surface area contributed by atoms with E-state index in [1.54, 1.807) is 18.2 Å². The van der Waals surface area contributed by atoms with Crippen LogP contribution in [0.5, 0.6) is 0 Å². The molecule has 0 aliphatic carbocycles. The van der Waals surface area contributed by atoms with E-state index in [9.17, 15) is 9.18 Å². The van der Waals surface area contributed by atoms with E-state index in [0.717, 1.165) is 0 Å². The molecule has 3 rings (SSSR count). The van der Waals surface area contributed by atoms with Gasteiger partial charge >= 0.3 is 0 Å². The van der Waals surface area contributed by atoms with Gasteiger partial charge in [0, 0.05) is 13.0 Å². The molecule has 23 heavy (non-hydrogen) atoms. The number of amides is 1. The molecular weight excluding hydrogens is 343 g/mol. The molecule has 2 N–H and O–H groups in total. The molecule has 1 atom stereocenters. The molecule has 0 spiro atoms. The minimum atomic E-state index is -0.382. The summed E-state index contributed by atoms with van der Waals surface area (Å²) < 4.78 is 18.8. The number of morpholine rings is 1. The molecule has 124 valence electrons. The molecular formula is C14H16ClFN4O2S. The Morgan fingerprint density at radius 3 is 3.00 bits per heavy atom. The molecule has 1 unspecified atom stereocenters. The highest BCUT2D eigenvalue weighted by Crippen LogP contribution is 2.20. The minimum absolute atomic E-state index is 0. The third-order valence-electron chi connectivity index (χ3n) is 3.23. The zero-order valence-corrected chi connectivity index (χ0v) is 13.8. The maximum Gasteiger partial charge on any atom is 0.245 e. The van der Waals surface area contributed by atoms with Crippen molar-refractivity contribution in [2.45, 2.75) is 12.5 Å². The third-order valence-corrected chi connectivity index (χ3v) is 4.07. The van der Waals surface area contributed by atoms with Crippen molar-refractivity contribution >= 4 is 34.8 Å². The summed E-state index contributed by atoms with van der Waals surface area (Å²) in [4.78, 5) is 12.0. The van der Waals surface area contributed by atoms with Crippen LogP contribution in [0.4, 0.5) is 9.52 Å². The van der Waals surface area contributed by atoms with Crippen molar-refractivity contribution in [3.8, 4) is 0 Å². The lowest BCUT2D eigenvalue weighted by molar-refractivity contribution is -0.120. The van der Waals surface area contributed by atoms with Gasteiger partial charge in [-0.3, -0.25) is 10.1 Å². The van der Waals surface area contributed by atoms with E-state index < -0.39 is 0 Å². The Morgan fingerprint density at radius 2 is 2.26 bits per heavy atom. The second kappa shape index (κ2) is 8.30. The maximum absolute atomic E-state index is 13.6. The van der Waals surface area contributed by atoms with Crippen LogP contribution < -0.4 is 10.6 Å². The molecule has 1 aliphatic heterocycles. The number of nitrogens with one attached hydrogen (secondary N) is 2. The van der Waals surface area contributed by atoms with Crippen LogP contribution in [0.2, 0.25) is 0 Å². The van der Waals surface area contributed by atoms with Crippen molar-refractivity contribution in [2.75, 3.05) is 25.1 Å². The highest BCUT2D eigenvalue weighted by atomic mass is 35.5. The van der Waals surface area contributed by atoms with Crippen molar-refractivity contribution < 1.29 is 13.9 Å². The first-order valence-electron chi connectivity index (χ1n) is 6.90. The lowest BCUT2D eigenvalue weighted by Gasteiger charge is -2.22. The number of benzene rings is 1. The molecule has 1 aliphatic rings. The summed E-state index contributed by atoms with van der Waals surface area (Å²) in [7, 11) is 0. The molecule has 0 bridgehead atoms. The van der Waals surface area contributed by atoms with E-state index in [-0.39, 0.29) is 30.2 Å². The SMILES string of the molecule is Cl.O=C(Nc1nnc(Cc2ccccc2F)s1)C1COCCN1. The summed E-state index contributed by atoms with van der Waals surface area (Å²) in [6, 6.07) is 6.15. The number of nitrogens with zero attached hydrogens (tertiary/aromatic N) is 2. The number of anilines is 1. The topological polar surface area (TPSA) is 76.1 Å². The van der Waals surface area contributed by atoms with Gasteiger partial charge in [-0.1, -0.05) is 29.5 Å². The second-order valence-electron chi connectivity index (χ2n) is 4.84. The van der Waals surface area contributed by atoms with Crippen LogP contribution in [-0.4, -0.2) is 41.9 Å². The van der Waals surface area contributed by atoms with Crippen molar-refractivity contribution in [1.29, 1.82) is 0 Å². The first-order chi connectivity index (χ1) is 10.7. The number of ether oxygens (including phenoxy) is 1. The average molecular weight is 359 g/mol. The van der Waals surface area contributed by atoms with Gasteiger partial charge < -0.3 is 10.1 Å². The molecule has 1 fully saturated rings. The van der Waals surface area contributed by atoms with Crippen molar-refractivity contribution in [3.05, 3.63) is 40.7 Å². The Morgan fingerprint density at radius 1 is 1.43 bits per heavy atom. The molecule has 0 saturated carbocycles. The summed E-state index contributed by atoms with van der Waals surface area (Å²) in [6.07, 6.45) is 0.352. The van der Waals surface area contributed by atoms with Crippen LogP contribution in [0.3, 0.4) is 0 Å². The van der Waals surface area contributed by atoms with E-state index in [0.29, 0.717) is 41.9 Å². The highest BCUT2D eigenvalue weighted by Gasteiger charge is 2.22. The molecule has 1 saturated heterocycles. The summed E-state index contributed by atoms with van der Waals surface area (Å²) in [5.41, 5.74) is 0.555. The monoisotopic (exact) mass is 358 g/mol. The van der Waals surface area contributed by atoms with E-state index in [2.05, 4.69) is 20.8 Å². The average Bonchev–Trinajstić information content (AvgIpc) is 2.97. The smallest absolute Gasteiger partial charge is 0.245 e. The van der Waals surface area contributed by atoms with Crippen molar-refractivity contribution in [2.24, 2.45) is 0 Å². The van der Waals surface area contributed by atoms with Crippen LogP contribution in [-0.2, 0) is 16.0 Å². The van der Waals surface area contributed by atoms with Crippen LogP contribution in [0.25, 0.3) is 0 Å². The van der Waals surface area contributed by atoms with E-state index in [1.165, 1.54) is 17.4 Å². The van der Waals surface area contributed by atoms with E-state index in [1.807, 2.05) is 0 Å². The summed E-state index contributed by atoms with van der Waals surface area (Å²) in [5, 5.41) is 14.7. The number of hydrogen-bond donors (Lipinski definition) is 2. The first kappa shape index (κ1) is 17.7. The van der Waals surface area contributed by atoms with E-state index in [4.69, 9.17) is 4.74 Å². The van der Waals surface area contributed by atoms with Crippen LogP contribution in [0, 0.1) is 5.82 Å². The van der Waals surface area contributed by atoms with Gasteiger partial charge in [0.2, 0.25) is 11.0 Å². The van der Waals surface area contributed by atoms with Gasteiger partial charge in [-0.15, -0.1) is 22.6 Å². The fourth-order valence-corrected chi connectivity index (χ4v) is 2.87. The summed E-state index contributed by atoms with van der Waals surface area (Å²) in [5.74, 6) is -0.472. The highest BCUT2D eigenvalue weighted by molar-refractivity contribution is 7.15. The Bertz CT molecular complexity index is 664. The maximum atomic E-state index is 13.6. The Balaban J connectivity index is 0.00000192. The largest absolute Gasteiger partial charge is 0.378 e. The van der Waals surface area contributed by atoms with Gasteiger partial charge in [-0.05, 0) is 11.6 Å². The molecule has 9 heteroatoms. The number of hydrogen-bond acceptors (Lipinski definition) is 6. The molecule has 1 aromatic heterocycles. The van der Waals surface area contributed by atoms with Gasteiger partial charge in [-0.2, -0.15) is 0 Å². The van der Waals surface area contributed by atoms with Gasteiger partial charge in [0.15, 0.2) is 0 Å². The molecule has 1 amide bonds. The predicted octanol–water partition coefficient (Wildman–Crippen LogP) is 1.62. The zero-order chi connectivity index (χ0) is 15.4. The minimum Gasteiger partial charge on any atom is -0.378 e. The van der Waals surface area contributed by atoms with Gasteiger partial charge in [-0.25, -0.2) is 4.39 Å². The molecule has 1 aromatic carbocycles. The Labute approximate surface area is 142 Å². The zero-order valence-electron chi connectivity index (χ0n) is 12.1. The molecule has 0 radical (unpaired) electrons. The number of halogens is 2. The van der Waals surface area contributed by atoms with E-state index >= 15 is 0 Å². The number of rotatable bonds is 4. The molecule has 6 nitrogen and oxygen atoms in total. The van der Waals surface area contributed by atoms with Crippen LogP contribution in [0.15, 0.2) is 24.3 Å². The first-order valence-corrected chi connectivity index (χ1v) is 7.72. The predicted molar refractivity (Wildman–Crippen MR) is 87.6 cm³/mol.